The van der Waals surface area contributed by atoms with Crippen LogP contribution in [0.5, 0.6) is 0 Å². The van der Waals surface area contributed by atoms with Crippen LogP contribution in [0.4, 0.5) is 5.69 Å². The fraction of sp³-hybridized carbons (Fsp3) is 0. The summed E-state index contributed by atoms with van der Waals surface area (Å²) >= 11 is 0. The molecule has 0 aliphatic rings. The Morgan fingerprint density at radius 1 is 1.22 bits per heavy atom. The number of anilines is 1. The maximum absolute atomic E-state index is 11.0. The molecular formula is C11H11N3O3S. The molecule has 0 fully saturated rings. The molecule has 0 atom stereocenters. The van der Waals surface area contributed by atoms with Crippen LogP contribution in [0.3, 0.4) is 0 Å². The fourth-order valence-electron chi connectivity index (χ4n) is 1.25. The Morgan fingerprint density at radius 3 is 2.50 bits per heavy atom. The minimum Gasteiger partial charge on any atom is -0.463 e. The van der Waals surface area contributed by atoms with E-state index in [9.17, 15) is 8.42 Å². The van der Waals surface area contributed by atoms with E-state index in [1.807, 2.05) is 0 Å². The SMILES string of the molecule is NS(=O)(=O)c1ccc(NN=Cc2ccco2)cc1. The van der Waals surface area contributed by atoms with E-state index in [0.29, 0.717) is 11.4 Å². The molecule has 3 N–H and O–H groups in total. The molecular weight excluding hydrogens is 254 g/mol. The van der Waals surface area contributed by atoms with Crippen molar-refractivity contribution in [1.82, 2.24) is 0 Å². The van der Waals surface area contributed by atoms with Gasteiger partial charge in [0.2, 0.25) is 10.0 Å². The molecule has 6 nitrogen and oxygen atoms in total. The van der Waals surface area contributed by atoms with E-state index in [1.54, 1.807) is 30.5 Å². The zero-order chi connectivity index (χ0) is 13.0. The van der Waals surface area contributed by atoms with Gasteiger partial charge in [0.05, 0.1) is 23.1 Å². The van der Waals surface area contributed by atoms with Gasteiger partial charge < -0.3 is 4.42 Å². The molecule has 0 spiro atoms. The van der Waals surface area contributed by atoms with E-state index in [2.05, 4.69) is 10.5 Å². The average Bonchev–Trinajstić information content (AvgIpc) is 2.82. The third-order valence-electron chi connectivity index (χ3n) is 2.11. The molecule has 1 aromatic heterocycles. The molecule has 1 aromatic carbocycles. The molecule has 94 valence electrons. The van der Waals surface area contributed by atoms with E-state index >= 15 is 0 Å². The fourth-order valence-corrected chi connectivity index (χ4v) is 1.77. The first kappa shape index (κ1) is 12.3. The van der Waals surface area contributed by atoms with Crippen LogP contribution in [-0.2, 0) is 10.0 Å². The predicted molar refractivity (Wildman–Crippen MR) is 67.7 cm³/mol. The molecule has 0 saturated heterocycles. The zero-order valence-electron chi connectivity index (χ0n) is 9.28. The number of primary sulfonamides is 1. The van der Waals surface area contributed by atoms with Crippen molar-refractivity contribution in [2.24, 2.45) is 10.2 Å². The molecule has 0 radical (unpaired) electrons. The highest BCUT2D eigenvalue weighted by Crippen LogP contribution is 2.12. The number of hydrogen-bond donors (Lipinski definition) is 2. The lowest BCUT2D eigenvalue weighted by Crippen LogP contribution is -2.11. The van der Waals surface area contributed by atoms with Crippen molar-refractivity contribution in [2.45, 2.75) is 4.90 Å². The summed E-state index contributed by atoms with van der Waals surface area (Å²) in [6, 6.07) is 9.45. The van der Waals surface area contributed by atoms with Crippen molar-refractivity contribution in [3.05, 3.63) is 48.4 Å². The monoisotopic (exact) mass is 265 g/mol. The zero-order valence-corrected chi connectivity index (χ0v) is 10.1. The Balaban J connectivity index is 2.03. The van der Waals surface area contributed by atoms with Crippen molar-refractivity contribution < 1.29 is 12.8 Å². The molecule has 0 bridgehead atoms. The summed E-state index contributed by atoms with van der Waals surface area (Å²) in [4.78, 5) is 0.0584. The first-order chi connectivity index (χ1) is 8.55. The number of hydrogen-bond acceptors (Lipinski definition) is 5. The minimum absolute atomic E-state index is 0.0584. The molecule has 0 unspecified atom stereocenters. The first-order valence-electron chi connectivity index (χ1n) is 5.01. The van der Waals surface area contributed by atoms with Crippen LogP contribution in [0.15, 0.2) is 57.1 Å². The van der Waals surface area contributed by atoms with Gasteiger partial charge in [0.15, 0.2) is 0 Å². The molecule has 0 aliphatic heterocycles. The molecule has 18 heavy (non-hydrogen) atoms. The number of nitrogens with two attached hydrogens (primary N) is 1. The van der Waals surface area contributed by atoms with Gasteiger partial charge in [0, 0.05) is 0 Å². The lowest BCUT2D eigenvalue weighted by atomic mass is 10.3. The van der Waals surface area contributed by atoms with E-state index < -0.39 is 10.0 Å². The van der Waals surface area contributed by atoms with Gasteiger partial charge in [-0.15, -0.1) is 0 Å². The van der Waals surface area contributed by atoms with Gasteiger partial charge in [-0.25, -0.2) is 13.6 Å². The lowest BCUT2D eigenvalue weighted by molar-refractivity contribution is 0.560. The van der Waals surface area contributed by atoms with E-state index in [-0.39, 0.29) is 4.90 Å². The van der Waals surface area contributed by atoms with E-state index in [0.717, 1.165) is 0 Å². The Labute approximate surface area is 104 Å². The first-order valence-corrected chi connectivity index (χ1v) is 6.56. The summed E-state index contributed by atoms with van der Waals surface area (Å²) in [7, 11) is -3.66. The van der Waals surface area contributed by atoms with Gasteiger partial charge in [0.25, 0.3) is 0 Å². The average molecular weight is 265 g/mol. The third kappa shape index (κ3) is 3.19. The van der Waals surface area contributed by atoms with Crippen LogP contribution >= 0.6 is 0 Å². The van der Waals surface area contributed by atoms with Gasteiger partial charge >= 0.3 is 0 Å². The van der Waals surface area contributed by atoms with Crippen LogP contribution in [0.1, 0.15) is 5.76 Å². The number of rotatable bonds is 4. The number of hydrazone groups is 1. The van der Waals surface area contributed by atoms with Crippen LogP contribution in [0.2, 0.25) is 0 Å². The molecule has 1 heterocycles. The second-order valence-electron chi connectivity index (χ2n) is 3.45. The van der Waals surface area contributed by atoms with Gasteiger partial charge in [-0.3, -0.25) is 5.43 Å². The predicted octanol–water partition coefficient (Wildman–Crippen LogP) is 1.37. The number of nitrogens with one attached hydrogen (secondary N) is 1. The summed E-state index contributed by atoms with van der Waals surface area (Å²) in [6.07, 6.45) is 3.05. The summed E-state index contributed by atoms with van der Waals surface area (Å²) < 4.78 is 27.1. The third-order valence-corrected chi connectivity index (χ3v) is 3.04. The molecule has 0 aliphatic carbocycles. The lowest BCUT2D eigenvalue weighted by Gasteiger charge is -2.01. The highest BCUT2D eigenvalue weighted by Gasteiger charge is 2.05. The minimum atomic E-state index is -3.66. The smallest absolute Gasteiger partial charge is 0.238 e. The number of benzene rings is 1. The molecule has 7 heteroatoms. The van der Waals surface area contributed by atoms with Gasteiger partial charge in [-0.1, -0.05) is 0 Å². The summed E-state index contributed by atoms with van der Waals surface area (Å²) in [6.45, 7) is 0. The molecule has 2 aromatic rings. The molecule has 2 rings (SSSR count). The highest BCUT2D eigenvalue weighted by molar-refractivity contribution is 7.89. The van der Waals surface area contributed by atoms with Crippen molar-refractivity contribution in [3.8, 4) is 0 Å². The number of sulfonamides is 1. The van der Waals surface area contributed by atoms with E-state index in [4.69, 9.17) is 9.56 Å². The summed E-state index contributed by atoms with van der Waals surface area (Å²) in [5.74, 6) is 0.614. The van der Waals surface area contributed by atoms with Crippen molar-refractivity contribution in [1.29, 1.82) is 0 Å². The topological polar surface area (TPSA) is 97.7 Å². The normalized spacial score (nSPS) is 11.8. The Bertz CT molecular complexity index is 631. The number of furan rings is 1. The number of nitrogens with zero attached hydrogens (tertiary/aromatic N) is 1. The Morgan fingerprint density at radius 2 is 1.94 bits per heavy atom. The van der Waals surface area contributed by atoms with Gasteiger partial charge in [-0.05, 0) is 36.4 Å². The maximum atomic E-state index is 11.0. The van der Waals surface area contributed by atoms with Crippen molar-refractivity contribution in [2.75, 3.05) is 5.43 Å². The summed E-state index contributed by atoms with van der Waals surface area (Å²) in [5.41, 5.74) is 3.38. The summed E-state index contributed by atoms with van der Waals surface area (Å²) in [5, 5.41) is 8.91. The second kappa shape index (κ2) is 5.03. The van der Waals surface area contributed by atoms with E-state index in [1.165, 1.54) is 18.3 Å². The largest absolute Gasteiger partial charge is 0.463 e. The molecule has 0 saturated carbocycles. The van der Waals surface area contributed by atoms with Crippen LogP contribution in [0.25, 0.3) is 0 Å². The Hall–Kier alpha value is -2.12. The second-order valence-corrected chi connectivity index (χ2v) is 5.02. The van der Waals surface area contributed by atoms with Crippen LogP contribution < -0.4 is 10.6 Å². The Kier molecular flexibility index (Phi) is 3.45. The highest BCUT2D eigenvalue weighted by atomic mass is 32.2. The quantitative estimate of drug-likeness (QED) is 0.644. The van der Waals surface area contributed by atoms with Crippen molar-refractivity contribution >= 4 is 21.9 Å². The standard InChI is InChI=1S/C11H11N3O3S/c12-18(15,16)11-5-3-9(4-6-11)14-13-8-10-2-1-7-17-10/h1-8,14H,(H2,12,15,16). The van der Waals surface area contributed by atoms with Crippen LogP contribution in [0, 0.1) is 0 Å². The van der Waals surface area contributed by atoms with Crippen LogP contribution in [-0.4, -0.2) is 14.6 Å². The van der Waals surface area contributed by atoms with Gasteiger partial charge in [-0.2, -0.15) is 5.10 Å². The van der Waals surface area contributed by atoms with Gasteiger partial charge in [0.1, 0.15) is 5.76 Å². The molecule has 0 amide bonds. The maximum Gasteiger partial charge on any atom is 0.238 e. The van der Waals surface area contributed by atoms with Crippen molar-refractivity contribution in [3.63, 3.8) is 0 Å².